The van der Waals surface area contributed by atoms with Crippen LogP contribution in [0, 0.1) is 5.92 Å². The number of rotatable bonds is 4. The number of carbonyl (C=O) groups excluding carboxylic acids is 1. The first-order valence-electron chi connectivity index (χ1n) is 8.43. The average Bonchev–Trinajstić information content (AvgIpc) is 2.94. The van der Waals surface area contributed by atoms with Gasteiger partial charge >= 0.3 is 0 Å². The lowest BCUT2D eigenvalue weighted by atomic mass is 9.84. The molecule has 0 aromatic heterocycles. The molecule has 0 radical (unpaired) electrons. The maximum atomic E-state index is 11.9. The first-order valence-corrected chi connectivity index (χ1v) is 8.43. The molecule has 1 aliphatic heterocycles. The summed E-state index contributed by atoms with van der Waals surface area (Å²) in [6, 6.07) is 8.95. The molecule has 3 heteroatoms. The molecule has 1 saturated carbocycles. The van der Waals surface area contributed by atoms with Gasteiger partial charge < -0.3 is 10.2 Å². The molecule has 1 heterocycles. The third-order valence-electron chi connectivity index (χ3n) is 5.03. The summed E-state index contributed by atoms with van der Waals surface area (Å²) in [5.41, 5.74) is 2.21. The van der Waals surface area contributed by atoms with E-state index in [1.54, 1.807) is 0 Å². The molecular formula is C18H26N2O. The second-order valence-corrected chi connectivity index (χ2v) is 6.47. The van der Waals surface area contributed by atoms with Gasteiger partial charge in [-0.15, -0.1) is 0 Å². The van der Waals surface area contributed by atoms with E-state index in [1.807, 2.05) is 11.0 Å². The van der Waals surface area contributed by atoms with E-state index in [-0.39, 0.29) is 5.91 Å². The van der Waals surface area contributed by atoms with Gasteiger partial charge in [0.1, 0.15) is 0 Å². The van der Waals surface area contributed by atoms with Crippen molar-refractivity contribution in [3.05, 3.63) is 24.3 Å². The quantitative estimate of drug-likeness (QED) is 0.900. The molecule has 3 nitrogen and oxygen atoms in total. The van der Waals surface area contributed by atoms with Crippen molar-refractivity contribution < 1.29 is 4.79 Å². The summed E-state index contributed by atoms with van der Waals surface area (Å²) >= 11 is 0. The van der Waals surface area contributed by atoms with Gasteiger partial charge in [0.25, 0.3) is 0 Å². The molecule has 21 heavy (non-hydrogen) atoms. The Morgan fingerprint density at radius 3 is 2.71 bits per heavy atom. The molecule has 0 atom stereocenters. The highest BCUT2D eigenvalue weighted by molar-refractivity contribution is 5.95. The van der Waals surface area contributed by atoms with Crippen LogP contribution < -0.4 is 10.2 Å². The standard InChI is InChI=1S/C18H26N2O/c1-2-14-8-10-15(11-9-14)19-16-5-3-6-17(13-16)20-12-4-7-18(20)21/h3,5-6,13-15,19H,2,4,7-12H2,1H3. The molecule has 1 aliphatic carbocycles. The summed E-state index contributed by atoms with van der Waals surface area (Å²) in [5.74, 6) is 1.19. The number of benzene rings is 1. The van der Waals surface area contributed by atoms with Crippen LogP contribution in [0.25, 0.3) is 0 Å². The van der Waals surface area contributed by atoms with Crippen molar-refractivity contribution in [2.45, 2.75) is 57.9 Å². The lowest BCUT2D eigenvalue weighted by Crippen LogP contribution is -2.26. The Bertz CT molecular complexity index is 492. The average molecular weight is 286 g/mol. The third kappa shape index (κ3) is 3.39. The maximum absolute atomic E-state index is 11.9. The molecule has 0 unspecified atom stereocenters. The number of anilines is 2. The fraction of sp³-hybridized carbons (Fsp3) is 0.611. The van der Waals surface area contributed by atoms with E-state index in [2.05, 4.69) is 30.4 Å². The fourth-order valence-electron chi connectivity index (χ4n) is 3.64. The van der Waals surface area contributed by atoms with Gasteiger partial charge in [0.2, 0.25) is 5.91 Å². The van der Waals surface area contributed by atoms with E-state index in [9.17, 15) is 4.79 Å². The summed E-state index contributed by atoms with van der Waals surface area (Å²) in [6.07, 6.45) is 8.23. The normalized spacial score (nSPS) is 26.1. The maximum Gasteiger partial charge on any atom is 0.227 e. The number of hydrogen-bond donors (Lipinski definition) is 1. The smallest absolute Gasteiger partial charge is 0.227 e. The summed E-state index contributed by atoms with van der Waals surface area (Å²) < 4.78 is 0. The second-order valence-electron chi connectivity index (χ2n) is 6.47. The van der Waals surface area contributed by atoms with Crippen molar-refractivity contribution in [2.75, 3.05) is 16.8 Å². The number of carbonyl (C=O) groups is 1. The van der Waals surface area contributed by atoms with Crippen molar-refractivity contribution >= 4 is 17.3 Å². The van der Waals surface area contributed by atoms with Crippen LogP contribution >= 0.6 is 0 Å². The largest absolute Gasteiger partial charge is 0.382 e. The van der Waals surface area contributed by atoms with Crippen molar-refractivity contribution in [2.24, 2.45) is 5.92 Å². The molecule has 1 saturated heterocycles. The minimum atomic E-state index is 0.260. The Morgan fingerprint density at radius 2 is 2.05 bits per heavy atom. The van der Waals surface area contributed by atoms with Crippen molar-refractivity contribution in [1.29, 1.82) is 0 Å². The van der Waals surface area contributed by atoms with Gasteiger partial charge in [-0.1, -0.05) is 19.4 Å². The summed E-state index contributed by atoms with van der Waals surface area (Å²) in [7, 11) is 0. The molecule has 0 bridgehead atoms. The first-order chi connectivity index (χ1) is 10.3. The summed E-state index contributed by atoms with van der Waals surface area (Å²) in [4.78, 5) is 13.8. The Labute approximate surface area is 127 Å². The van der Waals surface area contributed by atoms with Crippen LogP contribution in [-0.4, -0.2) is 18.5 Å². The van der Waals surface area contributed by atoms with Gasteiger partial charge in [-0.25, -0.2) is 0 Å². The number of hydrogen-bond acceptors (Lipinski definition) is 2. The lowest BCUT2D eigenvalue weighted by Gasteiger charge is -2.29. The van der Waals surface area contributed by atoms with Gasteiger partial charge in [0, 0.05) is 30.4 Å². The molecule has 2 aliphatic rings. The Balaban J connectivity index is 1.62. The van der Waals surface area contributed by atoms with E-state index in [1.165, 1.54) is 32.1 Å². The SMILES string of the molecule is CCC1CCC(Nc2cccc(N3CCCC3=O)c2)CC1. The molecule has 1 aromatic carbocycles. The highest BCUT2D eigenvalue weighted by Gasteiger charge is 2.23. The predicted molar refractivity (Wildman–Crippen MR) is 87.7 cm³/mol. The van der Waals surface area contributed by atoms with Crippen LogP contribution in [-0.2, 0) is 4.79 Å². The van der Waals surface area contributed by atoms with Gasteiger partial charge in [0.15, 0.2) is 0 Å². The van der Waals surface area contributed by atoms with E-state index in [4.69, 9.17) is 0 Å². The van der Waals surface area contributed by atoms with Crippen LogP contribution in [0.4, 0.5) is 11.4 Å². The predicted octanol–water partition coefficient (Wildman–Crippen LogP) is 4.19. The highest BCUT2D eigenvalue weighted by atomic mass is 16.2. The number of amides is 1. The van der Waals surface area contributed by atoms with Crippen molar-refractivity contribution in [3.63, 3.8) is 0 Å². The van der Waals surface area contributed by atoms with E-state index in [0.29, 0.717) is 12.5 Å². The zero-order valence-electron chi connectivity index (χ0n) is 13.0. The minimum Gasteiger partial charge on any atom is -0.382 e. The molecule has 1 aromatic rings. The second kappa shape index (κ2) is 6.50. The van der Waals surface area contributed by atoms with Gasteiger partial charge in [-0.2, -0.15) is 0 Å². The van der Waals surface area contributed by atoms with Gasteiger partial charge in [0.05, 0.1) is 0 Å². The monoisotopic (exact) mass is 286 g/mol. The number of nitrogens with one attached hydrogen (secondary N) is 1. The molecule has 3 rings (SSSR count). The van der Waals surface area contributed by atoms with Crippen LogP contribution in [0.15, 0.2) is 24.3 Å². The van der Waals surface area contributed by atoms with Gasteiger partial charge in [-0.3, -0.25) is 4.79 Å². The number of nitrogens with zero attached hydrogens (tertiary/aromatic N) is 1. The van der Waals surface area contributed by atoms with Gasteiger partial charge in [-0.05, 0) is 56.2 Å². The van der Waals surface area contributed by atoms with E-state index in [0.717, 1.165) is 30.3 Å². The third-order valence-corrected chi connectivity index (χ3v) is 5.03. The summed E-state index contributed by atoms with van der Waals surface area (Å²) in [6.45, 7) is 3.17. The first kappa shape index (κ1) is 14.4. The molecule has 0 spiro atoms. The Morgan fingerprint density at radius 1 is 1.24 bits per heavy atom. The molecule has 2 fully saturated rings. The molecular weight excluding hydrogens is 260 g/mol. The minimum absolute atomic E-state index is 0.260. The van der Waals surface area contributed by atoms with E-state index >= 15 is 0 Å². The molecule has 114 valence electrons. The van der Waals surface area contributed by atoms with Crippen molar-refractivity contribution in [1.82, 2.24) is 0 Å². The zero-order chi connectivity index (χ0) is 14.7. The van der Waals surface area contributed by atoms with Crippen LogP contribution in [0.5, 0.6) is 0 Å². The zero-order valence-corrected chi connectivity index (χ0v) is 13.0. The van der Waals surface area contributed by atoms with Crippen molar-refractivity contribution in [3.8, 4) is 0 Å². The Kier molecular flexibility index (Phi) is 4.47. The summed E-state index contributed by atoms with van der Waals surface area (Å²) in [5, 5.41) is 3.67. The van der Waals surface area contributed by atoms with Crippen LogP contribution in [0.1, 0.15) is 51.9 Å². The Hall–Kier alpha value is -1.51. The molecule has 1 N–H and O–H groups in total. The molecule has 1 amide bonds. The fourth-order valence-corrected chi connectivity index (χ4v) is 3.64. The van der Waals surface area contributed by atoms with E-state index < -0.39 is 0 Å². The highest BCUT2D eigenvalue weighted by Crippen LogP contribution is 2.30. The van der Waals surface area contributed by atoms with Crippen LogP contribution in [0.3, 0.4) is 0 Å². The lowest BCUT2D eigenvalue weighted by molar-refractivity contribution is -0.117. The topological polar surface area (TPSA) is 32.3 Å². The van der Waals surface area contributed by atoms with Crippen LogP contribution in [0.2, 0.25) is 0 Å².